The third-order valence-corrected chi connectivity index (χ3v) is 5.53. The predicted octanol–water partition coefficient (Wildman–Crippen LogP) is 6.49. The highest BCUT2D eigenvalue weighted by molar-refractivity contribution is 6.05. The first-order valence-corrected chi connectivity index (χ1v) is 10.8. The van der Waals surface area contributed by atoms with Gasteiger partial charge in [0, 0.05) is 22.9 Å². The molecule has 1 amide bonds. The number of rotatable bonds is 6. The lowest BCUT2D eigenvalue weighted by Crippen LogP contribution is -2.12. The minimum absolute atomic E-state index is 0.305. The van der Waals surface area contributed by atoms with Crippen molar-refractivity contribution in [2.75, 3.05) is 12.4 Å². The molecule has 0 bridgehead atoms. The second kappa shape index (κ2) is 9.19. The van der Waals surface area contributed by atoms with Crippen LogP contribution >= 0.6 is 0 Å². The number of ether oxygens (including phenoxy) is 1. The third-order valence-electron chi connectivity index (χ3n) is 5.53. The van der Waals surface area contributed by atoms with Crippen LogP contribution in [0.25, 0.3) is 22.1 Å². The number of pyridine rings is 1. The number of fused-ring (bicyclic) bond motifs is 1. The van der Waals surface area contributed by atoms with Gasteiger partial charge in [0.05, 0.1) is 19.0 Å². The number of nitrogens with one attached hydrogen (secondary N) is 1. The number of para-hydroxylation sites is 1. The van der Waals surface area contributed by atoms with Crippen molar-refractivity contribution in [2.45, 2.75) is 6.42 Å². The molecule has 5 aromatic rings. The molecule has 0 aliphatic rings. The molecule has 0 aliphatic carbocycles. The van der Waals surface area contributed by atoms with Crippen LogP contribution in [-0.2, 0) is 6.42 Å². The van der Waals surface area contributed by atoms with Crippen LogP contribution in [0.4, 0.5) is 10.1 Å². The fraction of sp³-hybridized carbons (Fsp3) is 0.0714. The molecular formula is C28H21FN2O3. The van der Waals surface area contributed by atoms with E-state index in [0.717, 1.165) is 39.2 Å². The zero-order valence-electron chi connectivity index (χ0n) is 18.4. The smallest absolute Gasteiger partial charge is 0.255 e. The minimum Gasteiger partial charge on any atom is -0.497 e. The molecule has 3 aromatic carbocycles. The van der Waals surface area contributed by atoms with Crippen molar-refractivity contribution in [3.8, 4) is 16.9 Å². The molecule has 1 N–H and O–H groups in total. The molecule has 0 unspecified atom stereocenters. The van der Waals surface area contributed by atoms with Crippen molar-refractivity contribution in [3.63, 3.8) is 0 Å². The summed E-state index contributed by atoms with van der Waals surface area (Å²) in [6.07, 6.45) is 1.92. The van der Waals surface area contributed by atoms with Crippen LogP contribution in [0.5, 0.6) is 5.75 Å². The maximum Gasteiger partial charge on any atom is 0.255 e. The topological polar surface area (TPSA) is 64.4 Å². The highest BCUT2D eigenvalue weighted by atomic mass is 19.1. The summed E-state index contributed by atoms with van der Waals surface area (Å²) in [5, 5.41) is 3.73. The average Bonchev–Trinajstić information content (AvgIpc) is 3.28. The number of halogens is 1. The minimum atomic E-state index is -0.600. The van der Waals surface area contributed by atoms with E-state index in [2.05, 4.69) is 10.3 Å². The first-order chi connectivity index (χ1) is 16.6. The van der Waals surface area contributed by atoms with E-state index in [0.29, 0.717) is 17.7 Å². The Morgan fingerprint density at radius 3 is 2.68 bits per heavy atom. The number of carbonyl (C=O) groups is 1. The number of methoxy groups -OCH3 is 1. The average molecular weight is 452 g/mol. The van der Waals surface area contributed by atoms with E-state index >= 15 is 0 Å². The number of nitrogens with zero attached hydrogens (tertiary/aromatic N) is 1. The van der Waals surface area contributed by atoms with Crippen molar-refractivity contribution < 1.29 is 18.3 Å². The highest BCUT2D eigenvalue weighted by Crippen LogP contribution is 2.32. The Labute approximate surface area is 195 Å². The molecule has 2 heterocycles. The first kappa shape index (κ1) is 21.4. The summed E-state index contributed by atoms with van der Waals surface area (Å²) in [4.78, 5) is 16.3. The lowest BCUT2D eigenvalue weighted by Gasteiger charge is -2.08. The fourth-order valence-electron chi connectivity index (χ4n) is 3.90. The van der Waals surface area contributed by atoms with Gasteiger partial charge in [-0.25, -0.2) is 4.98 Å². The van der Waals surface area contributed by atoms with E-state index in [9.17, 15) is 9.18 Å². The second-order valence-electron chi connectivity index (χ2n) is 7.87. The molecular weight excluding hydrogens is 431 g/mol. The zero-order chi connectivity index (χ0) is 23.5. The van der Waals surface area contributed by atoms with Gasteiger partial charge in [0.2, 0.25) is 5.95 Å². The van der Waals surface area contributed by atoms with E-state index in [1.807, 2.05) is 66.7 Å². The van der Waals surface area contributed by atoms with Gasteiger partial charge in [-0.05, 0) is 53.6 Å². The molecule has 5 rings (SSSR count). The Balaban J connectivity index is 1.43. The summed E-state index contributed by atoms with van der Waals surface area (Å²) in [6.45, 7) is 0. The SMILES string of the molecule is COc1cccc(Cc2cc3cccc(-c4cccc(C(=O)Nc5ccc(F)nc5)c4)c3o2)c1. The Kier molecular flexibility index (Phi) is 5.79. The molecule has 5 nitrogen and oxygen atoms in total. The number of aromatic nitrogens is 1. The lowest BCUT2D eigenvalue weighted by atomic mass is 10.0. The molecule has 6 heteroatoms. The van der Waals surface area contributed by atoms with Gasteiger partial charge in [0.1, 0.15) is 17.1 Å². The Morgan fingerprint density at radius 2 is 1.85 bits per heavy atom. The molecule has 0 saturated carbocycles. The predicted molar refractivity (Wildman–Crippen MR) is 130 cm³/mol. The van der Waals surface area contributed by atoms with Crippen molar-refractivity contribution in [3.05, 3.63) is 114 Å². The Bertz CT molecular complexity index is 1480. The highest BCUT2D eigenvalue weighted by Gasteiger charge is 2.13. The van der Waals surface area contributed by atoms with E-state index < -0.39 is 5.95 Å². The number of furan rings is 1. The van der Waals surface area contributed by atoms with Gasteiger partial charge >= 0.3 is 0 Å². The van der Waals surface area contributed by atoms with Gasteiger partial charge in [-0.1, -0.05) is 42.5 Å². The summed E-state index contributed by atoms with van der Waals surface area (Å²) in [5.41, 5.74) is 4.51. The van der Waals surface area contributed by atoms with Crippen LogP contribution < -0.4 is 10.1 Å². The fourth-order valence-corrected chi connectivity index (χ4v) is 3.90. The maximum atomic E-state index is 13.0. The number of benzene rings is 3. The van der Waals surface area contributed by atoms with Crippen LogP contribution in [0.2, 0.25) is 0 Å². The number of hydrogen-bond acceptors (Lipinski definition) is 4. The normalized spacial score (nSPS) is 10.9. The molecule has 0 atom stereocenters. The summed E-state index contributed by atoms with van der Waals surface area (Å²) < 4.78 is 24.6. The molecule has 168 valence electrons. The van der Waals surface area contributed by atoms with Gasteiger partial charge in [-0.2, -0.15) is 4.39 Å². The van der Waals surface area contributed by atoms with Crippen LogP contribution in [0.1, 0.15) is 21.7 Å². The second-order valence-corrected chi connectivity index (χ2v) is 7.87. The van der Waals surface area contributed by atoms with Crippen molar-refractivity contribution in [1.82, 2.24) is 4.98 Å². The van der Waals surface area contributed by atoms with Crippen LogP contribution in [0.3, 0.4) is 0 Å². The largest absolute Gasteiger partial charge is 0.497 e. The monoisotopic (exact) mass is 452 g/mol. The molecule has 0 radical (unpaired) electrons. The zero-order valence-corrected chi connectivity index (χ0v) is 18.4. The Morgan fingerprint density at radius 1 is 1.00 bits per heavy atom. The van der Waals surface area contributed by atoms with Crippen LogP contribution in [0, 0.1) is 5.95 Å². The van der Waals surface area contributed by atoms with Crippen molar-refractivity contribution in [1.29, 1.82) is 0 Å². The van der Waals surface area contributed by atoms with Gasteiger partial charge in [-0.15, -0.1) is 0 Å². The van der Waals surface area contributed by atoms with E-state index in [1.54, 1.807) is 13.2 Å². The Hall–Kier alpha value is -4.45. The summed E-state index contributed by atoms with van der Waals surface area (Å²) >= 11 is 0. The third kappa shape index (κ3) is 4.52. The number of hydrogen-bond donors (Lipinski definition) is 1. The maximum absolute atomic E-state index is 13.0. The van der Waals surface area contributed by atoms with E-state index in [1.165, 1.54) is 18.3 Å². The van der Waals surface area contributed by atoms with Crippen molar-refractivity contribution >= 4 is 22.6 Å². The standard InChI is InChI=1S/C28H21FN2O3/c1-33-23-9-2-5-18(13-23)14-24-16-20-7-4-10-25(27(20)34-24)19-6-3-8-21(15-19)28(32)31-22-11-12-26(29)30-17-22/h2-13,15-17H,14H2,1H3,(H,31,32). The number of carbonyl (C=O) groups excluding carboxylic acids is 1. The number of anilines is 1. The molecule has 0 spiro atoms. The van der Waals surface area contributed by atoms with Gasteiger partial charge < -0.3 is 14.5 Å². The van der Waals surface area contributed by atoms with Gasteiger partial charge in [-0.3, -0.25) is 4.79 Å². The van der Waals surface area contributed by atoms with Gasteiger partial charge in [0.15, 0.2) is 0 Å². The van der Waals surface area contributed by atoms with Crippen LogP contribution in [-0.4, -0.2) is 18.0 Å². The molecule has 2 aromatic heterocycles. The number of amides is 1. The lowest BCUT2D eigenvalue weighted by molar-refractivity contribution is 0.102. The molecule has 0 saturated heterocycles. The molecule has 0 aliphatic heterocycles. The molecule has 34 heavy (non-hydrogen) atoms. The molecule has 0 fully saturated rings. The van der Waals surface area contributed by atoms with E-state index in [4.69, 9.17) is 9.15 Å². The van der Waals surface area contributed by atoms with E-state index in [-0.39, 0.29) is 5.91 Å². The van der Waals surface area contributed by atoms with Gasteiger partial charge in [0.25, 0.3) is 5.91 Å². The summed E-state index contributed by atoms with van der Waals surface area (Å²) in [6, 6.07) is 25.9. The summed E-state index contributed by atoms with van der Waals surface area (Å²) in [5.74, 6) is 0.743. The summed E-state index contributed by atoms with van der Waals surface area (Å²) in [7, 11) is 1.65. The van der Waals surface area contributed by atoms with Crippen molar-refractivity contribution in [2.24, 2.45) is 0 Å². The first-order valence-electron chi connectivity index (χ1n) is 10.8. The quantitative estimate of drug-likeness (QED) is 0.299. The van der Waals surface area contributed by atoms with Crippen LogP contribution in [0.15, 0.2) is 95.5 Å².